The van der Waals surface area contributed by atoms with Gasteiger partial charge < -0.3 is 14.6 Å². The van der Waals surface area contributed by atoms with Crippen molar-refractivity contribution in [1.29, 1.82) is 0 Å². The summed E-state index contributed by atoms with van der Waals surface area (Å²) in [4.78, 5) is 11.9. The van der Waals surface area contributed by atoms with Gasteiger partial charge in [-0.15, -0.1) is 0 Å². The van der Waals surface area contributed by atoms with E-state index in [2.05, 4.69) is 10.5 Å². The van der Waals surface area contributed by atoms with E-state index in [-0.39, 0.29) is 12.5 Å². The van der Waals surface area contributed by atoms with Crippen LogP contribution in [0.1, 0.15) is 11.3 Å². The fourth-order valence-electron chi connectivity index (χ4n) is 2.24. The maximum absolute atomic E-state index is 11.9. The number of hydrogen-bond donors (Lipinski definition) is 1. The van der Waals surface area contributed by atoms with E-state index in [0.29, 0.717) is 23.7 Å². The Labute approximate surface area is 140 Å². The van der Waals surface area contributed by atoms with E-state index in [1.54, 1.807) is 0 Å². The van der Waals surface area contributed by atoms with Crippen molar-refractivity contribution in [3.63, 3.8) is 0 Å². The minimum absolute atomic E-state index is 0.0335. The molecule has 1 N–H and O–H groups in total. The summed E-state index contributed by atoms with van der Waals surface area (Å²) in [5, 5.41) is 6.73. The molecule has 2 aromatic carbocycles. The van der Waals surface area contributed by atoms with Crippen LogP contribution in [0.3, 0.4) is 0 Å². The minimum Gasteiger partial charge on any atom is -0.484 e. The third kappa shape index (κ3) is 4.01. The molecule has 5 heteroatoms. The molecule has 0 bridgehead atoms. The fraction of sp³-hybridized carbons (Fsp3) is 0.158. The Kier molecular flexibility index (Phi) is 4.91. The third-order valence-corrected chi connectivity index (χ3v) is 3.54. The highest BCUT2D eigenvalue weighted by molar-refractivity contribution is 5.77. The van der Waals surface area contributed by atoms with Gasteiger partial charge in [0.2, 0.25) is 0 Å². The van der Waals surface area contributed by atoms with Crippen LogP contribution in [0.2, 0.25) is 0 Å². The van der Waals surface area contributed by atoms with Crippen molar-refractivity contribution in [2.75, 3.05) is 6.61 Å². The third-order valence-electron chi connectivity index (χ3n) is 3.54. The van der Waals surface area contributed by atoms with Gasteiger partial charge in [-0.1, -0.05) is 53.7 Å². The molecule has 5 nitrogen and oxygen atoms in total. The van der Waals surface area contributed by atoms with Gasteiger partial charge in [0.1, 0.15) is 11.4 Å². The molecule has 3 rings (SSSR count). The van der Waals surface area contributed by atoms with Crippen LogP contribution in [-0.4, -0.2) is 17.7 Å². The molecule has 1 heterocycles. The highest BCUT2D eigenvalue weighted by Gasteiger charge is 2.09. The summed E-state index contributed by atoms with van der Waals surface area (Å²) in [5.41, 5.74) is 2.61. The number of rotatable bonds is 6. The first-order valence-corrected chi connectivity index (χ1v) is 7.68. The molecule has 0 radical (unpaired) electrons. The molecule has 0 unspecified atom stereocenters. The van der Waals surface area contributed by atoms with Gasteiger partial charge in [-0.2, -0.15) is 0 Å². The Bertz CT molecular complexity index is 812. The number of benzene rings is 2. The smallest absolute Gasteiger partial charge is 0.258 e. The van der Waals surface area contributed by atoms with Gasteiger partial charge in [0.15, 0.2) is 12.4 Å². The number of aryl methyl sites for hydroxylation is 1. The average molecular weight is 322 g/mol. The summed E-state index contributed by atoms with van der Waals surface area (Å²) in [5.74, 6) is 1.18. The predicted octanol–water partition coefficient (Wildman–Crippen LogP) is 3.35. The van der Waals surface area contributed by atoms with Crippen molar-refractivity contribution in [2.24, 2.45) is 0 Å². The number of carbonyl (C=O) groups excluding carboxylic acids is 1. The Morgan fingerprint density at radius 2 is 1.88 bits per heavy atom. The number of amides is 1. The van der Waals surface area contributed by atoms with Gasteiger partial charge in [-0.25, -0.2) is 0 Å². The molecule has 122 valence electrons. The molecule has 0 fully saturated rings. The lowest BCUT2D eigenvalue weighted by atomic mass is 10.2. The summed E-state index contributed by atoms with van der Waals surface area (Å²) in [6.07, 6.45) is 0. The van der Waals surface area contributed by atoms with Crippen LogP contribution < -0.4 is 10.1 Å². The van der Waals surface area contributed by atoms with Crippen LogP contribution in [0.25, 0.3) is 11.3 Å². The Hall–Kier alpha value is -3.08. The Morgan fingerprint density at radius 1 is 1.12 bits per heavy atom. The first-order valence-electron chi connectivity index (χ1n) is 7.68. The molecule has 0 atom stereocenters. The second-order valence-corrected chi connectivity index (χ2v) is 5.38. The largest absolute Gasteiger partial charge is 0.484 e. The van der Waals surface area contributed by atoms with Gasteiger partial charge in [0.05, 0.1) is 6.54 Å². The van der Waals surface area contributed by atoms with Crippen molar-refractivity contribution in [3.8, 4) is 17.1 Å². The molecular formula is C19H18N2O3. The minimum atomic E-state index is -0.206. The maximum atomic E-state index is 11.9. The normalized spacial score (nSPS) is 10.4. The second-order valence-electron chi connectivity index (χ2n) is 5.38. The van der Waals surface area contributed by atoms with Gasteiger partial charge in [-0.05, 0) is 18.6 Å². The zero-order valence-electron chi connectivity index (χ0n) is 13.4. The van der Waals surface area contributed by atoms with Crippen LogP contribution >= 0.6 is 0 Å². The van der Waals surface area contributed by atoms with E-state index in [9.17, 15) is 4.79 Å². The Balaban J connectivity index is 1.50. The standard InChI is InChI=1S/C19H18N2O3/c1-14-7-5-6-10-17(14)23-13-19(22)20-12-16-11-18(24-21-16)15-8-3-2-4-9-15/h2-11H,12-13H2,1H3,(H,20,22). The summed E-state index contributed by atoms with van der Waals surface area (Å²) in [6, 6.07) is 19.1. The van der Waals surface area contributed by atoms with E-state index < -0.39 is 0 Å². The van der Waals surface area contributed by atoms with Crippen molar-refractivity contribution in [2.45, 2.75) is 13.5 Å². The molecule has 24 heavy (non-hydrogen) atoms. The average Bonchev–Trinajstić information content (AvgIpc) is 3.09. The molecule has 0 aliphatic heterocycles. The quantitative estimate of drug-likeness (QED) is 0.756. The lowest BCUT2D eigenvalue weighted by Crippen LogP contribution is -2.28. The first kappa shape index (κ1) is 15.8. The van der Waals surface area contributed by atoms with Crippen LogP contribution in [0.4, 0.5) is 0 Å². The number of ether oxygens (including phenoxy) is 1. The zero-order chi connectivity index (χ0) is 16.8. The molecule has 3 aromatic rings. The number of nitrogens with zero attached hydrogens (tertiary/aromatic N) is 1. The number of carbonyl (C=O) groups is 1. The van der Waals surface area contributed by atoms with Gasteiger partial charge in [0.25, 0.3) is 5.91 Å². The highest BCUT2D eigenvalue weighted by atomic mass is 16.5. The van der Waals surface area contributed by atoms with Crippen molar-refractivity contribution in [3.05, 3.63) is 71.9 Å². The van der Waals surface area contributed by atoms with Gasteiger partial charge >= 0.3 is 0 Å². The Morgan fingerprint density at radius 3 is 2.67 bits per heavy atom. The van der Waals surface area contributed by atoms with E-state index >= 15 is 0 Å². The SMILES string of the molecule is Cc1ccccc1OCC(=O)NCc1cc(-c2ccccc2)on1. The number of para-hydroxylation sites is 1. The van der Waals surface area contributed by atoms with Crippen molar-refractivity contribution >= 4 is 5.91 Å². The number of hydrogen-bond acceptors (Lipinski definition) is 4. The highest BCUT2D eigenvalue weighted by Crippen LogP contribution is 2.19. The lowest BCUT2D eigenvalue weighted by Gasteiger charge is -2.08. The van der Waals surface area contributed by atoms with Crippen LogP contribution in [0.15, 0.2) is 65.2 Å². The van der Waals surface area contributed by atoms with Gasteiger partial charge in [0, 0.05) is 11.6 Å². The molecule has 1 amide bonds. The van der Waals surface area contributed by atoms with Crippen LogP contribution in [0, 0.1) is 6.92 Å². The van der Waals surface area contributed by atoms with E-state index in [0.717, 1.165) is 11.1 Å². The molecule has 0 saturated heterocycles. The van der Waals surface area contributed by atoms with E-state index in [4.69, 9.17) is 9.26 Å². The summed E-state index contributed by atoms with van der Waals surface area (Å²) in [6.45, 7) is 2.20. The summed E-state index contributed by atoms with van der Waals surface area (Å²) >= 11 is 0. The van der Waals surface area contributed by atoms with E-state index in [1.165, 1.54) is 0 Å². The molecule has 0 aliphatic carbocycles. The molecular weight excluding hydrogens is 304 g/mol. The topological polar surface area (TPSA) is 64.4 Å². The molecule has 0 spiro atoms. The van der Waals surface area contributed by atoms with Gasteiger partial charge in [-0.3, -0.25) is 4.79 Å². The fourth-order valence-corrected chi connectivity index (χ4v) is 2.24. The lowest BCUT2D eigenvalue weighted by molar-refractivity contribution is -0.123. The molecule has 1 aromatic heterocycles. The summed E-state index contributed by atoms with van der Waals surface area (Å²) < 4.78 is 10.8. The van der Waals surface area contributed by atoms with Crippen molar-refractivity contribution in [1.82, 2.24) is 10.5 Å². The number of aromatic nitrogens is 1. The zero-order valence-corrected chi connectivity index (χ0v) is 13.4. The predicted molar refractivity (Wildman–Crippen MR) is 90.5 cm³/mol. The molecule has 0 saturated carbocycles. The van der Waals surface area contributed by atoms with E-state index in [1.807, 2.05) is 67.6 Å². The monoisotopic (exact) mass is 322 g/mol. The first-order chi connectivity index (χ1) is 11.7. The second kappa shape index (κ2) is 7.46. The van der Waals surface area contributed by atoms with Crippen molar-refractivity contribution < 1.29 is 14.1 Å². The summed E-state index contributed by atoms with van der Waals surface area (Å²) in [7, 11) is 0. The van der Waals surface area contributed by atoms with Crippen LogP contribution in [0.5, 0.6) is 5.75 Å². The van der Waals surface area contributed by atoms with Crippen LogP contribution in [-0.2, 0) is 11.3 Å². The maximum Gasteiger partial charge on any atom is 0.258 e. The molecule has 0 aliphatic rings. The number of nitrogens with one attached hydrogen (secondary N) is 1.